The molecule has 1 amide bonds. The summed E-state index contributed by atoms with van der Waals surface area (Å²) in [5.74, 6) is -1.69. The van der Waals surface area contributed by atoms with Crippen molar-refractivity contribution in [3.8, 4) is 0 Å². The first-order valence-corrected chi connectivity index (χ1v) is 14.2. The molecule has 0 radical (unpaired) electrons. The lowest BCUT2D eigenvalue weighted by Gasteiger charge is -2.27. The molecule has 0 saturated carbocycles. The highest BCUT2D eigenvalue weighted by Gasteiger charge is 2.34. The van der Waals surface area contributed by atoms with E-state index in [4.69, 9.17) is 32.7 Å². The number of carbonyl (C=O) groups is 2. The Kier molecular flexibility index (Phi) is 8.28. The molecule has 0 aromatic heterocycles. The molecule has 0 N–H and O–H groups in total. The van der Waals surface area contributed by atoms with Gasteiger partial charge >= 0.3 is 5.97 Å². The van der Waals surface area contributed by atoms with Crippen molar-refractivity contribution < 1.29 is 35.9 Å². The summed E-state index contributed by atoms with van der Waals surface area (Å²) in [4.78, 5) is 26.2. The maximum absolute atomic E-state index is 13.0. The van der Waals surface area contributed by atoms with Gasteiger partial charge in [0.15, 0.2) is 16.4 Å². The van der Waals surface area contributed by atoms with Crippen molar-refractivity contribution >= 4 is 54.9 Å². The zero-order valence-electron chi connectivity index (χ0n) is 17.8. The summed E-state index contributed by atoms with van der Waals surface area (Å²) < 4.78 is 60.8. The zero-order valence-corrected chi connectivity index (χ0v) is 21.0. The molecule has 2 heterocycles. The van der Waals surface area contributed by atoms with Gasteiger partial charge < -0.3 is 14.4 Å². The second kappa shape index (κ2) is 10.4. The van der Waals surface area contributed by atoms with Crippen molar-refractivity contribution in [1.29, 1.82) is 0 Å². The molecule has 10 nitrogen and oxygen atoms in total. The largest absolute Gasteiger partial charge is 0.452 e. The van der Waals surface area contributed by atoms with Crippen molar-refractivity contribution in [3.05, 3.63) is 27.7 Å². The van der Waals surface area contributed by atoms with Crippen LogP contribution in [0.5, 0.6) is 0 Å². The monoisotopic (exact) mass is 542 g/mol. The van der Waals surface area contributed by atoms with Crippen LogP contribution >= 0.6 is 23.2 Å². The van der Waals surface area contributed by atoms with Crippen molar-refractivity contribution in [2.75, 3.05) is 51.0 Å². The van der Waals surface area contributed by atoms with Crippen LogP contribution in [0.25, 0.3) is 0 Å². The highest BCUT2D eigenvalue weighted by molar-refractivity contribution is 7.91. The minimum atomic E-state index is -4.01. The summed E-state index contributed by atoms with van der Waals surface area (Å²) in [5, 5.41) is -0.286. The molecule has 2 fully saturated rings. The fraction of sp³-hybridized carbons (Fsp3) is 0.579. The van der Waals surface area contributed by atoms with Crippen molar-refractivity contribution in [1.82, 2.24) is 9.21 Å². The van der Waals surface area contributed by atoms with E-state index in [9.17, 15) is 26.4 Å². The minimum absolute atomic E-state index is 0.00199. The molecule has 2 aliphatic heterocycles. The molecule has 1 atom stereocenters. The van der Waals surface area contributed by atoms with E-state index >= 15 is 0 Å². The molecule has 2 aliphatic rings. The molecule has 1 aromatic carbocycles. The Labute approximate surface area is 202 Å². The highest BCUT2D eigenvalue weighted by Crippen LogP contribution is 2.31. The molecule has 33 heavy (non-hydrogen) atoms. The van der Waals surface area contributed by atoms with Gasteiger partial charge in [0.25, 0.3) is 5.91 Å². The first kappa shape index (κ1) is 26.2. The van der Waals surface area contributed by atoms with Gasteiger partial charge in [-0.2, -0.15) is 4.31 Å². The minimum Gasteiger partial charge on any atom is -0.452 e. The van der Waals surface area contributed by atoms with Crippen LogP contribution in [-0.2, 0) is 34.1 Å². The predicted molar refractivity (Wildman–Crippen MR) is 121 cm³/mol. The average Bonchev–Trinajstić information content (AvgIpc) is 3.12. The molecule has 0 spiro atoms. The van der Waals surface area contributed by atoms with Gasteiger partial charge in [0.1, 0.15) is 4.90 Å². The fourth-order valence-electron chi connectivity index (χ4n) is 3.76. The number of benzene rings is 1. The van der Waals surface area contributed by atoms with E-state index in [-0.39, 0.29) is 64.9 Å². The van der Waals surface area contributed by atoms with Gasteiger partial charge in [-0.15, -0.1) is 0 Å². The van der Waals surface area contributed by atoms with Gasteiger partial charge in [-0.05, 0) is 25.5 Å². The summed E-state index contributed by atoms with van der Waals surface area (Å²) in [5.41, 5.74) is -0.257. The van der Waals surface area contributed by atoms with Crippen LogP contribution in [0.3, 0.4) is 0 Å². The Hall–Kier alpha value is -1.44. The van der Waals surface area contributed by atoms with E-state index < -0.39 is 44.4 Å². The Morgan fingerprint density at radius 1 is 1.21 bits per heavy atom. The van der Waals surface area contributed by atoms with Gasteiger partial charge in [-0.25, -0.2) is 21.6 Å². The van der Waals surface area contributed by atoms with E-state index in [0.29, 0.717) is 6.42 Å². The first-order valence-electron chi connectivity index (χ1n) is 10.2. The number of morpholine rings is 1. The number of sulfone groups is 1. The lowest BCUT2D eigenvalue weighted by Crippen LogP contribution is -2.43. The van der Waals surface area contributed by atoms with Crippen molar-refractivity contribution in [2.24, 2.45) is 0 Å². The Morgan fingerprint density at radius 3 is 2.45 bits per heavy atom. The van der Waals surface area contributed by atoms with Crippen LogP contribution in [0.15, 0.2) is 17.0 Å². The van der Waals surface area contributed by atoms with Crippen LogP contribution in [0.4, 0.5) is 0 Å². The highest BCUT2D eigenvalue weighted by atomic mass is 35.5. The number of nitrogens with zero attached hydrogens (tertiary/aromatic N) is 2. The molecule has 14 heteroatoms. The van der Waals surface area contributed by atoms with Crippen LogP contribution in [0.2, 0.25) is 10.0 Å². The maximum Gasteiger partial charge on any atom is 0.340 e. The molecular weight excluding hydrogens is 519 g/mol. The van der Waals surface area contributed by atoms with E-state index in [1.54, 1.807) is 6.92 Å². The number of likely N-dealkylation sites (N-methyl/N-ethyl adjacent to an activating group) is 1. The molecule has 0 bridgehead atoms. The second-order valence-corrected chi connectivity index (χ2v) is 12.5. The third kappa shape index (κ3) is 5.98. The van der Waals surface area contributed by atoms with Crippen LogP contribution in [0.1, 0.15) is 23.7 Å². The Morgan fingerprint density at radius 2 is 1.88 bits per heavy atom. The van der Waals surface area contributed by atoms with Crippen LogP contribution in [0, 0.1) is 0 Å². The maximum atomic E-state index is 13.0. The van der Waals surface area contributed by atoms with Gasteiger partial charge in [-0.3, -0.25) is 4.79 Å². The summed E-state index contributed by atoms with van der Waals surface area (Å²) in [6.45, 7) is 2.05. The molecule has 2 saturated heterocycles. The standard InChI is InChI=1S/C19H24Cl2N2O8S2/c1-2-23(13-3-8-32(26,27)12-13)18(24)11-31-19(25)14-9-17(16(21)10-15(14)20)33(28,29)22-4-6-30-7-5-22/h9-10,13H,2-8,11-12H2,1H3/t13-/m0/s1. The lowest BCUT2D eigenvalue weighted by molar-refractivity contribution is -0.136. The smallest absolute Gasteiger partial charge is 0.340 e. The number of amides is 1. The number of rotatable bonds is 7. The number of hydrogen-bond donors (Lipinski definition) is 0. The van der Waals surface area contributed by atoms with E-state index in [2.05, 4.69) is 0 Å². The third-order valence-electron chi connectivity index (χ3n) is 5.47. The Bertz CT molecular complexity index is 1130. The number of carbonyl (C=O) groups excluding carboxylic acids is 2. The van der Waals surface area contributed by atoms with E-state index in [1.807, 2.05) is 0 Å². The van der Waals surface area contributed by atoms with Crippen LogP contribution in [-0.4, -0.2) is 94.9 Å². The van der Waals surface area contributed by atoms with Gasteiger partial charge in [0, 0.05) is 25.7 Å². The predicted octanol–water partition coefficient (Wildman–Crippen LogP) is 1.21. The number of hydrogen-bond acceptors (Lipinski definition) is 8. The number of sulfonamides is 1. The van der Waals surface area contributed by atoms with Gasteiger partial charge in [0.2, 0.25) is 10.0 Å². The number of esters is 1. The van der Waals surface area contributed by atoms with Crippen LogP contribution < -0.4 is 0 Å². The molecule has 0 aliphatic carbocycles. The zero-order chi connectivity index (χ0) is 24.4. The molecule has 1 aromatic rings. The lowest BCUT2D eigenvalue weighted by atomic mass is 10.2. The third-order valence-corrected chi connectivity index (χ3v) is 9.89. The van der Waals surface area contributed by atoms with Gasteiger partial charge in [0.05, 0.1) is 40.3 Å². The first-order chi connectivity index (χ1) is 15.5. The molecule has 0 unspecified atom stereocenters. The summed E-state index contributed by atoms with van der Waals surface area (Å²) in [7, 11) is -7.21. The fourth-order valence-corrected chi connectivity index (χ4v) is 7.72. The van der Waals surface area contributed by atoms with Crippen molar-refractivity contribution in [2.45, 2.75) is 24.3 Å². The van der Waals surface area contributed by atoms with Crippen molar-refractivity contribution in [3.63, 3.8) is 0 Å². The number of ether oxygens (including phenoxy) is 2. The second-order valence-electron chi connectivity index (χ2n) is 7.59. The number of halogens is 2. The van der Waals surface area contributed by atoms with E-state index in [1.165, 1.54) is 9.21 Å². The van der Waals surface area contributed by atoms with E-state index in [0.717, 1.165) is 12.1 Å². The summed E-state index contributed by atoms with van der Waals surface area (Å²) >= 11 is 12.2. The summed E-state index contributed by atoms with van der Waals surface area (Å²) in [6.07, 6.45) is 0.321. The summed E-state index contributed by atoms with van der Waals surface area (Å²) in [6, 6.07) is 1.69. The quantitative estimate of drug-likeness (QED) is 0.470. The average molecular weight is 543 g/mol. The molecule has 184 valence electrons. The Balaban J connectivity index is 1.74. The molecule has 3 rings (SSSR count). The normalized spacial score (nSPS) is 21.0. The SMILES string of the molecule is CCN(C(=O)COC(=O)c1cc(S(=O)(=O)N2CCOCC2)c(Cl)cc1Cl)[C@H]1CCS(=O)(=O)C1. The molecular formula is C19H24Cl2N2O8S2. The van der Waals surface area contributed by atoms with Gasteiger partial charge in [-0.1, -0.05) is 23.2 Å². The topological polar surface area (TPSA) is 127 Å².